The maximum Gasteiger partial charge on any atom is 0.401 e. The third kappa shape index (κ3) is 4.76. The molecule has 1 unspecified atom stereocenters. The summed E-state index contributed by atoms with van der Waals surface area (Å²) in [6, 6.07) is 1.14. The highest BCUT2D eigenvalue weighted by Gasteiger charge is 2.34. The van der Waals surface area contributed by atoms with Gasteiger partial charge in [0.2, 0.25) is 0 Å². The fraction of sp³-hybridized carbons (Fsp3) is 0.417. The first kappa shape index (κ1) is 16.4. The minimum atomic E-state index is -4.65. The molecule has 1 aromatic rings. The molecule has 0 spiro atoms. The standard InChI is InChI=1S/C12H12F5NO2/c1-7(9-4-8(13)2-3-10(9)14)18(5-11(19)20)6-12(15,16)17/h2-4,7H,5-6H2,1H3,(H,19,20). The molecule has 112 valence electrons. The molecule has 1 rings (SSSR count). The van der Waals surface area contributed by atoms with Crippen LogP contribution in [-0.4, -0.2) is 35.2 Å². The van der Waals surface area contributed by atoms with Crippen LogP contribution in [0, 0.1) is 11.6 Å². The smallest absolute Gasteiger partial charge is 0.401 e. The van der Waals surface area contributed by atoms with E-state index in [1.54, 1.807) is 0 Å². The first-order valence-corrected chi connectivity index (χ1v) is 5.57. The molecule has 1 atom stereocenters. The van der Waals surface area contributed by atoms with Gasteiger partial charge in [-0.2, -0.15) is 13.2 Å². The Morgan fingerprint density at radius 2 is 1.95 bits per heavy atom. The van der Waals surface area contributed by atoms with Crippen molar-refractivity contribution in [2.24, 2.45) is 0 Å². The molecule has 0 bridgehead atoms. The van der Waals surface area contributed by atoms with Crippen LogP contribution in [0.4, 0.5) is 22.0 Å². The lowest BCUT2D eigenvalue weighted by Crippen LogP contribution is -2.39. The second-order valence-electron chi connectivity index (χ2n) is 4.26. The van der Waals surface area contributed by atoms with Crippen molar-refractivity contribution in [2.45, 2.75) is 19.1 Å². The van der Waals surface area contributed by atoms with Gasteiger partial charge in [0.1, 0.15) is 11.6 Å². The van der Waals surface area contributed by atoms with E-state index >= 15 is 0 Å². The van der Waals surface area contributed by atoms with Crippen LogP contribution >= 0.6 is 0 Å². The number of carbonyl (C=O) groups is 1. The number of benzene rings is 1. The number of aliphatic carboxylic acids is 1. The summed E-state index contributed by atoms with van der Waals surface area (Å²) in [5, 5.41) is 8.62. The largest absolute Gasteiger partial charge is 0.480 e. The highest BCUT2D eigenvalue weighted by Crippen LogP contribution is 2.27. The molecule has 0 aliphatic rings. The van der Waals surface area contributed by atoms with Crippen molar-refractivity contribution >= 4 is 5.97 Å². The lowest BCUT2D eigenvalue weighted by molar-refractivity contribution is -0.158. The van der Waals surface area contributed by atoms with Gasteiger partial charge in [-0.3, -0.25) is 9.69 Å². The molecule has 0 aliphatic carbocycles. The molecule has 0 aromatic heterocycles. The van der Waals surface area contributed by atoms with Gasteiger partial charge >= 0.3 is 12.1 Å². The van der Waals surface area contributed by atoms with E-state index in [9.17, 15) is 26.7 Å². The maximum atomic E-state index is 13.5. The molecule has 0 radical (unpaired) electrons. The molecular formula is C12H12F5NO2. The zero-order valence-corrected chi connectivity index (χ0v) is 10.4. The monoisotopic (exact) mass is 297 g/mol. The van der Waals surface area contributed by atoms with Crippen molar-refractivity contribution in [2.75, 3.05) is 13.1 Å². The van der Waals surface area contributed by atoms with Crippen LogP contribution in [0.15, 0.2) is 18.2 Å². The second-order valence-corrected chi connectivity index (χ2v) is 4.26. The number of rotatable bonds is 5. The van der Waals surface area contributed by atoms with Gasteiger partial charge in [0.25, 0.3) is 0 Å². The van der Waals surface area contributed by atoms with Crippen LogP contribution in [0.1, 0.15) is 18.5 Å². The van der Waals surface area contributed by atoms with E-state index in [0.29, 0.717) is 4.90 Å². The normalized spacial score (nSPS) is 13.6. The average Bonchev–Trinajstić information content (AvgIpc) is 2.28. The van der Waals surface area contributed by atoms with E-state index in [-0.39, 0.29) is 5.56 Å². The van der Waals surface area contributed by atoms with Crippen molar-refractivity contribution in [3.05, 3.63) is 35.4 Å². The Kier molecular flexibility index (Phi) is 5.04. The first-order chi connectivity index (χ1) is 9.10. The van der Waals surface area contributed by atoms with Crippen LogP contribution in [-0.2, 0) is 4.79 Å². The molecule has 0 fully saturated rings. The van der Waals surface area contributed by atoms with Gasteiger partial charge in [0.05, 0.1) is 13.1 Å². The number of halogens is 5. The number of carboxylic acid groups (broad SMARTS) is 1. The molecule has 1 aromatic carbocycles. The molecule has 0 amide bonds. The fourth-order valence-electron chi connectivity index (χ4n) is 1.77. The molecule has 0 saturated carbocycles. The highest BCUT2D eigenvalue weighted by atomic mass is 19.4. The summed E-state index contributed by atoms with van der Waals surface area (Å²) >= 11 is 0. The Labute approximate surface area is 111 Å². The van der Waals surface area contributed by atoms with Crippen LogP contribution in [0.3, 0.4) is 0 Å². The molecule has 20 heavy (non-hydrogen) atoms. The Morgan fingerprint density at radius 1 is 1.35 bits per heavy atom. The Balaban J connectivity index is 3.05. The summed E-state index contributed by atoms with van der Waals surface area (Å²) in [5.41, 5.74) is -0.324. The quantitative estimate of drug-likeness (QED) is 0.849. The SMILES string of the molecule is CC(c1cc(F)ccc1F)N(CC(=O)O)CC(F)(F)F. The molecular weight excluding hydrogens is 285 g/mol. The Hall–Kier alpha value is -1.70. The Bertz CT molecular complexity index is 489. The third-order valence-corrected chi connectivity index (χ3v) is 2.68. The van der Waals surface area contributed by atoms with Crippen molar-refractivity contribution in [3.8, 4) is 0 Å². The molecule has 0 heterocycles. The maximum absolute atomic E-state index is 13.5. The highest BCUT2D eigenvalue weighted by molar-refractivity contribution is 5.69. The van der Waals surface area contributed by atoms with E-state index in [0.717, 1.165) is 18.2 Å². The van der Waals surface area contributed by atoms with Gasteiger partial charge in [0, 0.05) is 11.6 Å². The van der Waals surface area contributed by atoms with Crippen molar-refractivity contribution in [3.63, 3.8) is 0 Å². The van der Waals surface area contributed by atoms with Crippen LogP contribution < -0.4 is 0 Å². The summed E-state index contributed by atoms with van der Waals surface area (Å²) in [6.45, 7) is -1.28. The minimum absolute atomic E-state index is 0.324. The van der Waals surface area contributed by atoms with Gasteiger partial charge in [-0.05, 0) is 25.1 Å². The summed E-state index contributed by atoms with van der Waals surface area (Å²) in [5.74, 6) is -3.19. The van der Waals surface area contributed by atoms with Gasteiger partial charge in [-0.25, -0.2) is 8.78 Å². The number of hydrogen-bond donors (Lipinski definition) is 1. The molecule has 0 aliphatic heterocycles. The number of hydrogen-bond acceptors (Lipinski definition) is 2. The molecule has 1 N–H and O–H groups in total. The lowest BCUT2D eigenvalue weighted by atomic mass is 10.1. The summed E-state index contributed by atoms with van der Waals surface area (Å²) in [4.78, 5) is 11.1. The predicted octanol–water partition coefficient (Wildman–Crippen LogP) is 2.97. The van der Waals surface area contributed by atoms with Crippen molar-refractivity contribution in [1.82, 2.24) is 4.90 Å². The molecule has 3 nitrogen and oxygen atoms in total. The molecule has 8 heteroatoms. The van der Waals surface area contributed by atoms with Crippen LogP contribution in [0.25, 0.3) is 0 Å². The first-order valence-electron chi connectivity index (χ1n) is 5.57. The van der Waals surface area contributed by atoms with E-state index in [2.05, 4.69) is 0 Å². The van der Waals surface area contributed by atoms with Gasteiger partial charge in [-0.15, -0.1) is 0 Å². The van der Waals surface area contributed by atoms with Crippen molar-refractivity contribution < 1.29 is 31.9 Å². The summed E-state index contributed by atoms with van der Waals surface area (Å²) in [7, 11) is 0. The predicted molar refractivity (Wildman–Crippen MR) is 60.0 cm³/mol. The number of carboxylic acids is 1. The van der Waals surface area contributed by atoms with E-state index in [4.69, 9.17) is 5.11 Å². The van der Waals surface area contributed by atoms with E-state index in [1.807, 2.05) is 0 Å². The van der Waals surface area contributed by atoms with Gasteiger partial charge in [0.15, 0.2) is 0 Å². The fourth-order valence-corrected chi connectivity index (χ4v) is 1.77. The summed E-state index contributed by atoms with van der Waals surface area (Å²) < 4.78 is 63.8. The minimum Gasteiger partial charge on any atom is -0.480 e. The van der Waals surface area contributed by atoms with E-state index < -0.39 is 42.9 Å². The van der Waals surface area contributed by atoms with Crippen LogP contribution in [0.5, 0.6) is 0 Å². The summed E-state index contributed by atoms with van der Waals surface area (Å²) in [6.07, 6.45) is -4.65. The van der Waals surface area contributed by atoms with Crippen LogP contribution in [0.2, 0.25) is 0 Å². The lowest BCUT2D eigenvalue weighted by Gasteiger charge is -2.28. The molecule has 0 saturated heterocycles. The number of alkyl halides is 3. The topological polar surface area (TPSA) is 40.5 Å². The van der Waals surface area contributed by atoms with Gasteiger partial charge in [-0.1, -0.05) is 0 Å². The zero-order chi connectivity index (χ0) is 15.5. The number of nitrogens with zero attached hydrogens (tertiary/aromatic N) is 1. The third-order valence-electron chi connectivity index (χ3n) is 2.68. The zero-order valence-electron chi connectivity index (χ0n) is 10.4. The van der Waals surface area contributed by atoms with Crippen molar-refractivity contribution in [1.29, 1.82) is 0 Å². The average molecular weight is 297 g/mol. The van der Waals surface area contributed by atoms with Gasteiger partial charge < -0.3 is 5.11 Å². The van der Waals surface area contributed by atoms with E-state index in [1.165, 1.54) is 6.92 Å². The second kappa shape index (κ2) is 6.17. The Morgan fingerprint density at radius 3 is 2.45 bits per heavy atom.